The van der Waals surface area contributed by atoms with Crippen LogP contribution in [-0.2, 0) is 9.84 Å². The Morgan fingerprint density at radius 1 is 1.20 bits per heavy atom. The number of nitrogens with zero attached hydrogens (tertiary/aromatic N) is 2. The normalized spacial score (nSPS) is 18.8. The number of aromatic amines is 2. The number of hydrogen-bond donors (Lipinski definition) is 2. The van der Waals surface area contributed by atoms with Crippen molar-refractivity contribution >= 4 is 20.7 Å². The van der Waals surface area contributed by atoms with Gasteiger partial charge in [-0.2, -0.15) is 0 Å². The minimum atomic E-state index is -3.14. The Morgan fingerprint density at radius 3 is 2.73 bits per heavy atom. The fourth-order valence-electron chi connectivity index (χ4n) is 3.67. The van der Waals surface area contributed by atoms with E-state index >= 15 is 0 Å². The maximum Gasteiger partial charge on any atom is 0.273 e. The third kappa shape index (κ3) is 3.99. The summed E-state index contributed by atoms with van der Waals surface area (Å²) in [6, 6.07) is 9.35. The summed E-state index contributed by atoms with van der Waals surface area (Å²) < 4.78 is 30.1. The zero-order valence-electron chi connectivity index (χ0n) is 17.3. The Hall–Kier alpha value is -2.65. The highest BCUT2D eigenvalue weighted by Crippen LogP contribution is 2.47. The summed E-state index contributed by atoms with van der Waals surface area (Å²) in [6.07, 6.45) is 0.526. The molecule has 0 radical (unpaired) electrons. The molecule has 1 saturated carbocycles. The van der Waals surface area contributed by atoms with Crippen LogP contribution < -0.4 is 10.3 Å². The second-order valence-corrected chi connectivity index (χ2v) is 10.4. The van der Waals surface area contributed by atoms with Gasteiger partial charge in [0.2, 0.25) is 0 Å². The van der Waals surface area contributed by atoms with Crippen LogP contribution >= 0.6 is 0 Å². The second-order valence-electron chi connectivity index (χ2n) is 7.90. The van der Waals surface area contributed by atoms with Crippen LogP contribution in [0.15, 0.2) is 35.1 Å². The summed E-state index contributed by atoms with van der Waals surface area (Å²) in [6.45, 7) is 3.06. The van der Waals surface area contributed by atoms with Crippen LogP contribution in [0.1, 0.15) is 25.0 Å². The number of H-pyrrole nitrogens is 2. The number of aromatic nitrogens is 3. The molecule has 9 heteroatoms. The minimum Gasteiger partial charge on any atom is -0.492 e. The first-order valence-electron chi connectivity index (χ1n) is 10.0. The van der Waals surface area contributed by atoms with Crippen molar-refractivity contribution in [2.45, 2.75) is 24.5 Å². The maximum atomic E-state index is 12.5. The zero-order chi connectivity index (χ0) is 21.5. The number of pyridine rings is 1. The summed E-state index contributed by atoms with van der Waals surface area (Å²) >= 11 is 0. The van der Waals surface area contributed by atoms with E-state index < -0.39 is 15.1 Å². The van der Waals surface area contributed by atoms with Crippen LogP contribution in [0.2, 0.25) is 0 Å². The minimum absolute atomic E-state index is 0.103. The molecule has 1 aliphatic carbocycles. The highest BCUT2D eigenvalue weighted by Gasteiger charge is 2.49. The van der Waals surface area contributed by atoms with E-state index in [0.717, 1.165) is 23.2 Å². The number of likely N-dealkylation sites (N-methyl/N-ethyl adjacent to an activating group) is 1. The van der Waals surface area contributed by atoms with Gasteiger partial charge in [-0.15, -0.1) is 0 Å². The summed E-state index contributed by atoms with van der Waals surface area (Å²) in [7, 11) is 0.850. The third-order valence-corrected chi connectivity index (χ3v) is 7.75. The van der Waals surface area contributed by atoms with E-state index in [1.165, 1.54) is 0 Å². The van der Waals surface area contributed by atoms with Crippen LogP contribution in [0.3, 0.4) is 0 Å². The molecule has 0 spiro atoms. The van der Waals surface area contributed by atoms with E-state index in [0.29, 0.717) is 30.0 Å². The van der Waals surface area contributed by atoms with Crippen molar-refractivity contribution in [3.8, 4) is 17.0 Å². The quantitative estimate of drug-likeness (QED) is 0.567. The van der Waals surface area contributed by atoms with E-state index in [4.69, 9.17) is 4.74 Å². The number of hydrogen-bond acceptors (Lipinski definition) is 6. The molecule has 1 aliphatic rings. The van der Waals surface area contributed by atoms with Gasteiger partial charge in [0, 0.05) is 23.6 Å². The molecule has 30 heavy (non-hydrogen) atoms. The van der Waals surface area contributed by atoms with Crippen molar-refractivity contribution in [3.05, 3.63) is 46.4 Å². The molecule has 160 valence electrons. The van der Waals surface area contributed by atoms with Gasteiger partial charge in [-0.05, 0) is 44.8 Å². The predicted molar refractivity (Wildman–Crippen MR) is 117 cm³/mol. The van der Waals surface area contributed by atoms with Crippen molar-refractivity contribution in [1.82, 2.24) is 20.1 Å². The number of nitrogens with one attached hydrogen (secondary N) is 2. The maximum absolute atomic E-state index is 12.5. The number of benzene rings is 1. The van der Waals surface area contributed by atoms with Gasteiger partial charge >= 0.3 is 0 Å². The number of rotatable bonds is 8. The molecular formula is C21H26N4O4S. The standard InChI is InChI=1S/C21H26N4O4S/c1-4-30(27,28)18-12-15(18)20-19(21(26)24-23-20)17-7-5-13-11-14(6-8-16(13)22-17)29-10-9-25(2)3/h5-8,11,15,18H,4,9-10,12H2,1-3H3,(H2,23,24,26). The lowest BCUT2D eigenvalue weighted by Gasteiger charge is -2.11. The van der Waals surface area contributed by atoms with E-state index in [1.807, 2.05) is 38.4 Å². The fraction of sp³-hybridized carbons (Fsp3) is 0.429. The molecule has 4 rings (SSSR count). The van der Waals surface area contributed by atoms with E-state index in [2.05, 4.69) is 20.1 Å². The summed E-state index contributed by atoms with van der Waals surface area (Å²) in [5.41, 5.74) is 2.02. The Bertz CT molecular complexity index is 1230. The molecule has 0 aliphatic heterocycles. The first kappa shape index (κ1) is 20.6. The topological polar surface area (TPSA) is 108 Å². The van der Waals surface area contributed by atoms with Crippen LogP contribution in [0.4, 0.5) is 0 Å². The highest BCUT2D eigenvalue weighted by atomic mass is 32.2. The molecule has 2 atom stereocenters. The van der Waals surface area contributed by atoms with Crippen molar-refractivity contribution in [2.24, 2.45) is 0 Å². The molecule has 0 bridgehead atoms. The van der Waals surface area contributed by atoms with E-state index in [9.17, 15) is 13.2 Å². The number of ether oxygens (including phenoxy) is 1. The van der Waals surface area contributed by atoms with Gasteiger partial charge in [0.05, 0.1) is 27.7 Å². The van der Waals surface area contributed by atoms with Crippen LogP contribution in [-0.4, -0.2) is 66.7 Å². The van der Waals surface area contributed by atoms with Crippen molar-refractivity contribution in [3.63, 3.8) is 0 Å². The average molecular weight is 431 g/mol. The molecule has 8 nitrogen and oxygen atoms in total. The summed E-state index contributed by atoms with van der Waals surface area (Å²) in [5.74, 6) is 0.671. The van der Waals surface area contributed by atoms with Crippen molar-refractivity contribution in [2.75, 3.05) is 33.0 Å². The molecule has 2 N–H and O–H groups in total. The Balaban J connectivity index is 1.62. The van der Waals surface area contributed by atoms with Crippen LogP contribution in [0, 0.1) is 0 Å². The first-order chi connectivity index (χ1) is 14.3. The van der Waals surface area contributed by atoms with Gasteiger partial charge in [-0.25, -0.2) is 13.4 Å². The fourth-order valence-corrected chi connectivity index (χ4v) is 5.23. The Morgan fingerprint density at radius 2 is 2.00 bits per heavy atom. The third-order valence-electron chi connectivity index (χ3n) is 5.50. The molecule has 3 aromatic rings. The summed E-state index contributed by atoms with van der Waals surface area (Å²) in [5, 5.41) is 5.96. The Labute approximate surface area is 175 Å². The SMILES string of the molecule is CCS(=O)(=O)C1CC1c1[nH][nH]c(=O)c1-c1ccc2cc(OCCN(C)C)ccc2n1. The van der Waals surface area contributed by atoms with Gasteiger partial charge in [-0.1, -0.05) is 13.0 Å². The van der Waals surface area contributed by atoms with Gasteiger partial charge in [0.1, 0.15) is 12.4 Å². The molecule has 0 saturated heterocycles. The molecule has 1 fully saturated rings. The number of sulfone groups is 1. The van der Waals surface area contributed by atoms with Gasteiger partial charge in [0.15, 0.2) is 9.84 Å². The molecule has 0 amide bonds. The largest absolute Gasteiger partial charge is 0.492 e. The molecule has 2 unspecified atom stereocenters. The lowest BCUT2D eigenvalue weighted by atomic mass is 10.1. The zero-order valence-corrected chi connectivity index (χ0v) is 18.1. The van der Waals surface area contributed by atoms with E-state index in [1.54, 1.807) is 13.0 Å². The second kappa shape index (κ2) is 7.88. The van der Waals surface area contributed by atoms with Crippen LogP contribution in [0.25, 0.3) is 22.2 Å². The molecule has 1 aromatic carbocycles. The lowest BCUT2D eigenvalue weighted by Crippen LogP contribution is -2.19. The molecular weight excluding hydrogens is 404 g/mol. The first-order valence-corrected chi connectivity index (χ1v) is 11.7. The van der Waals surface area contributed by atoms with E-state index in [-0.39, 0.29) is 17.2 Å². The van der Waals surface area contributed by atoms with Gasteiger partial charge < -0.3 is 14.7 Å². The van der Waals surface area contributed by atoms with Crippen molar-refractivity contribution < 1.29 is 13.2 Å². The predicted octanol–water partition coefficient (Wildman–Crippen LogP) is 2.15. The Kier molecular flexibility index (Phi) is 5.42. The monoisotopic (exact) mass is 430 g/mol. The average Bonchev–Trinajstić information content (AvgIpc) is 3.44. The summed E-state index contributed by atoms with van der Waals surface area (Å²) in [4.78, 5) is 19.2. The smallest absolute Gasteiger partial charge is 0.273 e. The lowest BCUT2D eigenvalue weighted by molar-refractivity contribution is 0.261. The van der Waals surface area contributed by atoms with Crippen LogP contribution in [0.5, 0.6) is 5.75 Å². The van der Waals surface area contributed by atoms with Gasteiger partial charge in [-0.3, -0.25) is 9.89 Å². The number of fused-ring (bicyclic) bond motifs is 1. The molecule has 2 heterocycles. The van der Waals surface area contributed by atoms with Gasteiger partial charge in [0.25, 0.3) is 5.56 Å². The van der Waals surface area contributed by atoms with Crippen molar-refractivity contribution in [1.29, 1.82) is 0 Å². The molecule has 2 aromatic heterocycles. The highest BCUT2D eigenvalue weighted by molar-refractivity contribution is 7.92.